The minimum absolute atomic E-state index is 0.206. The molecule has 0 aliphatic carbocycles. The molecule has 7 heteroatoms. The van der Waals surface area contributed by atoms with Gasteiger partial charge in [-0.1, -0.05) is 23.7 Å². The van der Waals surface area contributed by atoms with Crippen LogP contribution in [0.15, 0.2) is 34.9 Å². The standard InChI is InChI=1S/C14H12BrClN2O3/c1-21-13-11(15)7-17-12(18-13)10(14(19)20)6-8-2-4-9(16)5-3-8/h2-5,7,10H,6H2,1H3,(H,19,20). The highest BCUT2D eigenvalue weighted by Gasteiger charge is 2.24. The van der Waals surface area contributed by atoms with Crippen molar-refractivity contribution >= 4 is 33.5 Å². The van der Waals surface area contributed by atoms with Crippen LogP contribution < -0.4 is 4.74 Å². The second-order valence-electron chi connectivity index (χ2n) is 4.31. The monoisotopic (exact) mass is 370 g/mol. The Balaban J connectivity index is 2.30. The normalized spacial score (nSPS) is 12.0. The van der Waals surface area contributed by atoms with Crippen molar-refractivity contribution in [2.45, 2.75) is 12.3 Å². The Bertz CT molecular complexity index is 649. The van der Waals surface area contributed by atoms with Crippen LogP contribution in [-0.2, 0) is 11.2 Å². The Kier molecular flexibility index (Phi) is 5.14. The summed E-state index contributed by atoms with van der Waals surface area (Å²) in [5.41, 5.74) is 0.845. The molecule has 0 radical (unpaired) electrons. The maximum absolute atomic E-state index is 11.5. The van der Waals surface area contributed by atoms with Crippen LogP contribution in [0.3, 0.4) is 0 Å². The van der Waals surface area contributed by atoms with Gasteiger partial charge in [-0.2, -0.15) is 4.98 Å². The lowest BCUT2D eigenvalue weighted by molar-refractivity contribution is -0.139. The van der Waals surface area contributed by atoms with Crippen LogP contribution in [0, 0.1) is 0 Å². The quantitative estimate of drug-likeness (QED) is 0.873. The zero-order valence-corrected chi connectivity index (χ0v) is 13.4. The third-order valence-electron chi connectivity index (χ3n) is 2.89. The van der Waals surface area contributed by atoms with Crippen LogP contribution in [0.1, 0.15) is 17.3 Å². The molecule has 1 N–H and O–H groups in total. The highest BCUT2D eigenvalue weighted by atomic mass is 79.9. The van der Waals surface area contributed by atoms with Crippen molar-refractivity contribution in [1.82, 2.24) is 9.97 Å². The molecule has 1 atom stereocenters. The molecule has 0 amide bonds. The predicted octanol–water partition coefficient (Wildman–Crippen LogP) is 3.31. The Morgan fingerprint density at radius 3 is 2.67 bits per heavy atom. The van der Waals surface area contributed by atoms with Gasteiger partial charge in [0.2, 0.25) is 5.88 Å². The van der Waals surface area contributed by atoms with E-state index in [9.17, 15) is 9.90 Å². The number of carboxylic acid groups (broad SMARTS) is 1. The van der Waals surface area contributed by atoms with E-state index in [1.165, 1.54) is 13.3 Å². The number of nitrogens with zero attached hydrogens (tertiary/aromatic N) is 2. The SMILES string of the molecule is COc1nc(C(Cc2ccc(Cl)cc2)C(=O)O)ncc1Br. The van der Waals surface area contributed by atoms with Gasteiger partial charge < -0.3 is 9.84 Å². The molecule has 1 heterocycles. The number of aromatic nitrogens is 2. The van der Waals surface area contributed by atoms with Crippen molar-refractivity contribution in [3.8, 4) is 5.88 Å². The average molecular weight is 372 g/mol. The minimum Gasteiger partial charge on any atom is -0.481 e. The minimum atomic E-state index is -0.991. The van der Waals surface area contributed by atoms with E-state index in [2.05, 4.69) is 25.9 Å². The highest BCUT2D eigenvalue weighted by molar-refractivity contribution is 9.10. The summed E-state index contributed by atoms with van der Waals surface area (Å²) in [6.07, 6.45) is 1.76. The molecule has 5 nitrogen and oxygen atoms in total. The molecule has 21 heavy (non-hydrogen) atoms. The first kappa shape index (κ1) is 15.7. The largest absolute Gasteiger partial charge is 0.481 e. The zero-order valence-electron chi connectivity index (χ0n) is 11.1. The Morgan fingerprint density at radius 2 is 2.10 bits per heavy atom. The Hall–Kier alpha value is -1.66. The molecule has 110 valence electrons. The van der Waals surface area contributed by atoms with E-state index in [1.54, 1.807) is 24.3 Å². The van der Waals surface area contributed by atoms with E-state index in [0.29, 0.717) is 15.4 Å². The molecule has 0 spiro atoms. The van der Waals surface area contributed by atoms with Crippen LogP contribution in [0.2, 0.25) is 5.02 Å². The first-order valence-electron chi connectivity index (χ1n) is 6.05. The fraction of sp³-hybridized carbons (Fsp3) is 0.214. The van der Waals surface area contributed by atoms with Gasteiger partial charge in [-0.25, -0.2) is 4.98 Å². The summed E-state index contributed by atoms with van der Waals surface area (Å²) < 4.78 is 5.65. The lowest BCUT2D eigenvalue weighted by Gasteiger charge is -2.12. The molecule has 0 aliphatic heterocycles. The molecule has 2 rings (SSSR count). The van der Waals surface area contributed by atoms with E-state index in [4.69, 9.17) is 16.3 Å². The van der Waals surface area contributed by atoms with Crippen LogP contribution in [0.4, 0.5) is 0 Å². The molecular weight excluding hydrogens is 360 g/mol. The fourth-order valence-corrected chi connectivity index (χ4v) is 2.30. The fourth-order valence-electron chi connectivity index (χ4n) is 1.82. The maximum Gasteiger partial charge on any atom is 0.314 e. The van der Waals surface area contributed by atoms with E-state index >= 15 is 0 Å². The summed E-state index contributed by atoms with van der Waals surface area (Å²) in [7, 11) is 1.46. The van der Waals surface area contributed by atoms with Crippen molar-refractivity contribution < 1.29 is 14.6 Å². The summed E-state index contributed by atoms with van der Waals surface area (Å²) >= 11 is 9.06. The molecule has 0 fully saturated rings. The summed E-state index contributed by atoms with van der Waals surface area (Å²) in [5, 5.41) is 10.0. The number of aliphatic carboxylic acids is 1. The molecule has 1 aromatic heterocycles. The van der Waals surface area contributed by atoms with E-state index in [-0.39, 0.29) is 12.2 Å². The molecule has 1 unspecified atom stereocenters. The van der Waals surface area contributed by atoms with Gasteiger partial charge in [0.05, 0.1) is 11.6 Å². The second-order valence-corrected chi connectivity index (χ2v) is 5.60. The number of ether oxygens (including phenoxy) is 1. The summed E-state index contributed by atoms with van der Waals surface area (Å²) in [5.74, 6) is -1.33. The van der Waals surface area contributed by atoms with Crippen LogP contribution >= 0.6 is 27.5 Å². The van der Waals surface area contributed by atoms with Gasteiger partial charge in [0.25, 0.3) is 0 Å². The number of methoxy groups -OCH3 is 1. The first-order valence-corrected chi connectivity index (χ1v) is 7.22. The lowest BCUT2D eigenvalue weighted by atomic mass is 9.98. The van der Waals surface area contributed by atoms with Crippen molar-refractivity contribution in [2.75, 3.05) is 7.11 Å². The van der Waals surface area contributed by atoms with Gasteiger partial charge in [0.15, 0.2) is 0 Å². The third-order valence-corrected chi connectivity index (χ3v) is 3.68. The molecule has 0 aliphatic rings. The third kappa shape index (κ3) is 3.92. The Morgan fingerprint density at radius 1 is 1.43 bits per heavy atom. The van der Waals surface area contributed by atoms with Gasteiger partial charge in [-0.05, 0) is 40.0 Å². The summed E-state index contributed by atoms with van der Waals surface area (Å²) in [4.78, 5) is 19.7. The van der Waals surface area contributed by atoms with Crippen molar-refractivity contribution in [3.05, 3.63) is 51.3 Å². The Labute approximate surface area is 135 Å². The molecule has 2 aromatic rings. The van der Waals surface area contributed by atoms with Gasteiger partial charge >= 0.3 is 5.97 Å². The molecule has 0 saturated carbocycles. The van der Waals surface area contributed by atoms with Crippen LogP contribution in [0.5, 0.6) is 5.88 Å². The zero-order chi connectivity index (χ0) is 15.4. The number of carbonyl (C=O) groups is 1. The molecule has 0 saturated heterocycles. The number of hydrogen-bond acceptors (Lipinski definition) is 4. The van der Waals surface area contributed by atoms with Crippen LogP contribution in [-0.4, -0.2) is 28.2 Å². The number of hydrogen-bond donors (Lipinski definition) is 1. The van der Waals surface area contributed by atoms with E-state index in [0.717, 1.165) is 5.56 Å². The number of halogens is 2. The second kappa shape index (κ2) is 6.87. The molecule has 1 aromatic carbocycles. The van der Waals surface area contributed by atoms with Crippen molar-refractivity contribution in [2.24, 2.45) is 0 Å². The van der Waals surface area contributed by atoms with Gasteiger partial charge in [0.1, 0.15) is 11.7 Å². The maximum atomic E-state index is 11.5. The molecule has 0 bridgehead atoms. The van der Waals surface area contributed by atoms with Crippen molar-refractivity contribution in [3.63, 3.8) is 0 Å². The van der Waals surface area contributed by atoms with Crippen LogP contribution in [0.25, 0.3) is 0 Å². The van der Waals surface area contributed by atoms with E-state index in [1.807, 2.05) is 0 Å². The van der Waals surface area contributed by atoms with Crippen molar-refractivity contribution in [1.29, 1.82) is 0 Å². The first-order chi connectivity index (χ1) is 10.0. The summed E-state index contributed by atoms with van der Waals surface area (Å²) in [6, 6.07) is 7.01. The van der Waals surface area contributed by atoms with Gasteiger partial charge in [-0.15, -0.1) is 0 Å². The number of carboxylic acids is 1. The smallest absolute Gasteiger partial charge is 0.314 e. The topological polar surface area (TPSA) is 72.3 Å². The number of benzene rings is 1. The van der Waals surface area contributed by atoms with Gasteiger partial charge in [-0.3, -0.25) is 4.79 Å². The van der Waals surface area contributed by atoms with Gasteiger partial charge in [0, 0.05) is 11.2 Å². The molecular formula is C14H12BrClN2O3. The average Bonchev–Trinajstić information content (AvgIpc) is 2.47. The highest BCUT2D eigenvalue weighted by Crippen LogP contribution is 2.25. The predicted molar refractivity (Wildman–Crippen MR) is 81.8 cm³/mol. The van der Waals surface area contributed by atoms with E-state index < -0.39 is 11.9 Å². The number of rotatable bonds is 5. The summed E-state index contributed by atoms with van der Waals surface area (Å²) in [6.45, 7) is 0. The lowest BCUT2D eigenvalue weighted by Crippen LogP contribution is -2.17.